The molecule has 0 heterocycles. The molecule has 1 atom stereocenters. The van der Waals surface area contributed by atoms with Crippen molar-refractivity contribution in [1.82, 2.24) is 0 Å². The van der Waals surface area contributed by atoms with Gasteiger partial charge in [-0.2, -0.15) is 0 Å². The number of phenolic OH excluding ortho intramolecular Hbond substituents is 1. The van der Waals surface area contributed by atoms with E-state index in [0.717, 1.165) is 10.0 Å². The molecule has 0 saturated carbocycles. The van der Waals surface area contributed by atoms with Gasteiger partial charge in [-0.1, -0.05) is 34.1 Å². The third-order valence-corrected chi connectivity index (χ3v) is 2.29. The normalized spacial score (nSPS) is 13.5. The van der Waals surface area contributed by atoms with Crippen molar-refractivity contribution in [2.75, 3.05) is 0 Å². The highest BCUT2D eigenvalue weighted by Gasteiger charge is 2.00. The fraction of sp³-hybridized carbons (Fsp3) is 0.200. The maximum absolute atomic E-state index is 9.48. The SMILES string of the molecule is CC(N)/C=C/c1c(O)cccc1Br. The van der Waals surface area contributed by atoms with E-state index in [1.165, 1.54) is 0 Å². The Hall–Kier alpha value is -0.800. The van der Waals surface area contributed by atoms with E-state index in [1.807, 2.05) is 25.1 Å². The van der Waals surface area contributed by atoms with E-state index in [0.29, 0.717) is 0 Å². The van der Waals surface area contributed by atoms with Crippen LogP contribution in [-0.2, 0) is 0 Å². The standard InChI is InChI=1S/C10H12BrNO/c1-7(12)5-6-8-9(11)3-2-4-10(8)13/h2-7,13H,12H2,1H3/b6-5+. The van der Waals surface area contributed by atoms with Gasteiger partial charge in [0.15, 0.2) is 0 Å². The average Bonchev–Trinajstić information content (AvgIpc) is 2.03. The summed E-state index contributed by atoms with van der Waals surface area (Å²) < 4.78 is 0.865. The summed E-state index contributed by atoms with van der Waals surface area (Å²) in [5.41, 5.74) is 6.32. The van der Waals surface area contributed by atoms with Crippen molar-refractivity contribution in [2.45, 2.75) is 13.0 Å². The highest BCUT2D eigenvalue weighted by Crippen LogP contribution is 2.26. The maximum atomic E-state index is 9.48. The number of hydrogen-bond acceptors (Lipinski definition) is 2. The summed E-state index contributed by atoms with van der Waals surface area (Å²) in [6.45, 7) is 1.88. The second-order valence-electron chi connectivity index (χ2n) is 2.89. The van der Waals surface area contributed by atoms with E-state index < -0.39 is 0 Å². The van der Waals surface area contributed by atoms with Gasteiger partial charge in [0.1, 0.15) is 5.75 Å². The van der Waals surface area contributed by atoms with Crippen LogP contribution in [0, 0.1) is 0 Å². The van der Waals surface area contributed by atoms with Crippen molar-refractivity contribution in [3.8, 4) is 5.75 Å². The predicted molar refractivity (Wildman–Crippen MR) is 58.5 cm³/mol. The molecule has 0 aliphatic heterocycles. The van der Waals surface area contributed by atoms with Crippen molar-refractivity contribution < 1.29 is 5.11 Å². The molecule has 1 unspecified atom stereocenters. The first kappa shape index (κ1) is 10.3. The first-order chi connectivity index (χ1) is 6.11. The molecule has 13 heavy (non-hydrogen) atoms. The van der Waals surface area contributed by atoms with Crippen LogP contribution >= 0.6 is 15.9 Å². The number of aromatic hydroxyl groups is 1. The third kappa shape index (κ3) is 2.86. The number of rotatable bonds is 2. The van der Waals surface area contributed by atoms with Gasteiger partial charge < -0.3 is 10.8 Å². The lowest BCUT2D eigenvalue weighted by Gasteiger charge is -2.02. The van der Waals surface area contributed by atoms with Gasteiger partial charge in [0, 0.05) is 16.1 Å². The van der Waals surface area contributed by atoms with Gasteiger partial charge in [-0.25, -0.2) is 0 Å². The molecule has 1 aromatic rings. The van der Waals surface area contributed by atoms with Gasteiger partial charge in [0.25, 0.3) is 0 Å². The summed E-state index contributed by atoms with van der Waals surface area (Å²) in [5.74, 6) is 0.256. The summed E-state index contributed by atoms with van der Waals surface area (Å²) in [7, 11) is 0. The van der Waals surface area contributed by atoms with Crippen LogP contribution in [0.3, 0.4) is 0 Å². The highest BCUT2D eigenvalue weighted by atomic mass is 79.9. The monoisotopic (exact) mass is 241 g/mol. The smallest absolute Gasteiger partial charge is 0.123 e. The molecule has 0 spiro atoms. The number of benzene rings is 1. The predicted octanol–water partition coefficient (Wildman–Crippen LogP) is 2.52. The molecule has 0 aliphatic carbocycles. The summed E-state index contributed by atoms with van der Waals surface area (Å²) in [5, 5.41) is 9.48. The van der Waals surface area contributed by atoms with Crippen molar-refractivity contribution in [2.24, 2.45) is 5.73 Å². The largest absolute Gasteiger partial charge is 0.507 e. The van der Waals surface area contributed by atoms with Crippen molar-refractivity contribution in [1.29, 1.82) is 0 Å². The number of phenols is 1. The minimum Gasteiger partial charge on any atom is -0.507 e. The van der Waals surface area contributed by atoms with Crippen molar-refractivity contribution in [3.05, 3.63) is 34.3 Å². The fourth-order valence-electron chi connectivity index (χ4n) is 0.939. The number of nitrogens with two attached hydrogens (primary N) is 1. The zero-order valence-electron chi connectivity index (χ0n) is 7.37. The molecule has 0 bridgehead atoms. The first-order valence-corrected chi connectivity index (χ1v) is 4.82. The molecule has 3 N–H and O–H groups in total. The minimum atomic E-state index is -0.00786. The summed E-state index contributed by atoms with van der Waals surface area (Å²) in [6.07, 6.45) is 3.64. The Morgan fingerprint density at radius 2 is 2.23 bits per heavy atom. The summed E-state index contributed by atoms with van der Waals surface area (Å²) >= 11 is 3.35. The fourth-order valence-corrected chi connectivity index (χ4v) is 1.43. The zero-order chi connectivity index (χ0) is 9.84. The highest BCUT2D eigenvalue weighted by molar-refractivity contribution is 9.10. The van der Waals surface area contributed by atoms with Crippen molar-refractivity contribution in [3.63, 3.8) is 0 Å². The Morgan fingerprint density at radius 3 is 2.77 bits per heavy atom. The zero-order valence-corrected chi connectivity index (χ0v) is 8.95. The Morgan fingerprint density at radius 1 is 1.54 bits per heavy atom. The average molecular weight is 242 g/mol. The van der Waals surface area contributed by atoms with E-state index in [4.69, 9.17) is 5.73 Å². The Bertz CT molecular complexity index is 300. The molecular weight excluding hydrogens is 230 g/mol. The first-order valence-electron chi connectivity index (χ1n) is 4.02. The molecule has 70 valence electrons. The summed E-state index contributed by atoms with van der Waals surface area (Å²) in [4.78, 5) is 0. The molecule has 0 fully saturated rings. The van der Waals surface area contributed by atoms with Gasteiger partial charge >= 0.3 is 0 Å². The molecule has 0 amide bonds. The van der Waals surface area contributed by atoms with Crippen LogP contribution in [0.4, 0.5) is 0 Å². The van der Waals surface area contributed by atoms with E-state index >= 15 is 0 Å². The third-order valence-electron chi connectivity index (χ3n) is 1.60. The van der Waals surface area contributed by atoms with Crippen LogP contribution in [0.25, 0.3) is 6.08 Å². The quantitative estimate of drug-likeness (QED) is 0.836. The molecule has 1 rings (SSSR count). The van der Waals surface area contributed by atoms with Crippen LogP contribution in [-0.4, -0.2) is 11.1 Å². The second-order valence-corrected chi connectivity index (χ2v) is 3.75. The topological polar surface area (TPSA) is 46.2 Å². The van der Waals surface area contributed by atoms with Crippen LogP contribution < -0.4 is 5.73 Å². The lowest BCUT2D eigenvalue weighted by atomic mass is 10.1. The molecular formula is C10H12BrNO. The lowest BCUT2D eigenvalue weighted by molar-refractivity contribution is 0.473. The second kappa shape index (κ2) is 4.44. The van der Waals surface area contributed by atoms with E-state index in [2.05, 4.69) is 15.9 Å². The molecule has 0 radical (unpaired) electrons. The van der Waals surface area contributed by atoms with E-state index in [1.54, 1.807) is 12.1 Å². The Labute approximate surface area is 86.2 Å². The van der Waals surface area contributed by atoms with Gasteiger partial charge in [0.2, 0.25) is 0 Å². The Kier molecular flexibility index (Phi) is 3.51. The van der Waals surface area contributed by atoms with Gasteiger partial charge in [0.05, 0.1) is 0 Å². The molecule has 0 aromatic heterocycles. The molecule has 0 aliphatic rings. The maximum Gasteiger partial charge on any atom is 0.123 e. The number of halogens is 1. The van der Waals surface area contributed by atoms with Crippen LogP contribution in [0.15, 0.2) is 28.7 Å². The minimum absolute atomic E-state index is 0.00786. The van der Waals surface area contributed by atoms with Crippen LogP contribution in [0.5, 0.6) is 5.75 Å². The van der Waals surface area contributed by atoms with Gasteiger partial charge in [-0.15, -0.1) is 0 Å². The molecule has 2 nitrogen and oxygen atoms in total. The van der Waals surface area contributed by atoms with Crippen LogP contribution in [0.1, 0.15) is 12.5 Å². The molecule has 1 aromatic carbocycles. The number of hydrogen-bond donors (Lipinski definition) is 2. The molecule has 3 heteroatoms. The van der Waals surface area contributed by atoms with E-state index in [-0.39, 0.29) is 11.8 Å². The Balaban J connectivity index is 3.00. The lowest BCUT2D eigenvalue weighted by Crippen LogP contribution is -2.09. The van der Waals surface area contributed by atoms with Crippen molar-refractivity contribution >= 4 is 22.0 Å². The van der Waals surface area contributed by atoms with Crippen LogP contribution in [0.2, 0.25) is 0 Å². The molecule has 0 saturated heterocycles. The summed E-state index contributed by atoms with van der Waals surface area (Å²) in [6, 6.07) is 5.29. The van der Waals surface area contributed by atoms with Gasteiger partial charge in [-0.3, -0.25) is 0 Å². The van der Waals surface area contributed by atoms with E-state index in [9.17, 15) is 5.11 Å². The van der Waals surface area contributed by atoms with Gasteiger partial charge in [-0.05, 0) is 19.1 Å².